The van der Waals surface area contributed by atoms with Crippen LogP contribution in [0.25, 0.3) is 0 Å². The van der Waals surface area contributed by atoms with Crippen molar-refractivity contribution in [2.75, 3.05) is 39.3 Å². The molecule has 2 heterocycles. The molecule has 0 aromatic carbocycles. The standard InChI is InChI=1S/C16H30N2O2/c1-2-7-16(14-19)8-5-9-17(13-16)12-6-15(20)18-10-3-4-11-18/h19H,2-14H2,1H3/t16-/m1/s1. The van der Waals surface area contributed by atoms with Crippen LogP contribution in [0.15, 0.2) is 0 Å². The summed E-state index contributed by atoms with van der Waals surface area (Å²) in [7, 11) is 0. The van der Waals surface area contributed by atoms with Crippen LogP contribution in [0.3, 0.4) is 0 Å². The molecule has 2 saturated heterocycles. The molecule has 1 N–H and O–H groups in total. The maximum absolute atomic E-state index is 12.1. The van der Waals surface area contributed by atoms with Crippen LogP contribution in [0.5, 0.6) is 0 Å². The first-order valence-electron chi connectivity index (χ1n) is 8.30. The predicted molar refractivity (Wildman–Crippen MR) is 80.5 cm³/mol. The number of piperidine rings is 1. The van der Waals surface area contributed by atoms with Gasteiger partial charge in [0.25, 0.3) is 0 Å². The van der Waals surface area contributed by atoms with E-state index in [4.69, 9.17) is 0 Å². The van der Waals surface area contributed by atoms with Gasteiger partial charge in [0.1, 0.15) is 0 Å². The van der Waals surface area contributed by atoms with Gasteiger partial charge in [-0.25, -0.2) is 0 Å². The quantitative estimate of drug-likeness (QED) is 0.809. The monoisotopic (exact) mass is 282 g/mol. The molecule has 1 amide bonds. The van der Waals surface area contributed by atoms with Crippen LogP contribution in [0.1, 0.15) is 51.9 Å². The van der Waals surface area contributed by atoms with Gasteiger partial charge in [-0.2, -0.15) is 0 Å². The van der Waals surface area contributed by atoms with E-state index in [0.717, 1.165) is 58.4 Å². The molecule has 116 valence electrons. The molecule has 4 nitrogen and oxygen atoms in total. The van der Waals surface area contributed by atoms with E-state index >= 15 is 0 Å². The third-order valence-electron chi connectivity index (χ3n) is 4.96. The fraction of sp³-hybridized carbons (Fsp3) is 0.938. The molecule has 4 heteroatoms. The zero-order chi connectivity index (χ0) is 14.4. The van der Waals surface area contributed by atoms with E-state index < -0.39 is 0 Å². The van der Waals surface area contributed by atoms with Gasteiger partial charge in [-0.3, -0.25) is 4.79 Å². The Morgan fingerprint density at radius 3 is 2.60 bits per heavy atom. The molecule has 2 rings (SSSR count). The Balaban J connectivity index is 1.78. The average molecular weight is 282 g/mol. The molecule has 0 saturated carbocycles. The van der Waals surface area contributed by atoms with E-state index in [2.05, 4.69) is 11.8 Å². The molecule has 1 atom stereocenters. The SMILES string of the molecule is CCC[C@@]1(CO)CCCN(CCC(=O)N2CCCC2)C1. The van der Waals surface area contributed by atoms with E-state index in [0.29, 0.717) is 12.3 Å². The number of hydrogen-bond acceptors (Lipinski definition) is 3. The summed E-state index contributed by atoms with van der Waals surface area (Å²) in [5, 5.41) is 9.74. The highest BCUT2D eigenvalue weighted by Crippen LogP contribution is 2.34. The van der Waals surface area contributed by atoms with Crippen molar-refractivity contribution in [2.45, 2.75) is 51.9 Å². The Morgan fingerprint density at radius 2 is 1.95 bits per heavy atom. The molecular formula is C16H30N2O2. The summed E-state index contributed by atoms with van der Waals surface area (Å²) in [4.78, 5) is 16.5. The first-order valence-corrected chi connectivity index (χ1v) is 8.30. The van der Waals surface area contributed by atoms with E-state index in [9.17, 15) is 9.90 Å². The summed E-state index contributed by atoms with van der Waals surface area (Å²) in [6.45, 7) is 7.29. The first-order chi connectivity index (χ1) is 9.69. The zero-order valence-corrected chi connectivity index (χ0v) is 12.9. The minimum Gasteiger partial charge on any atom is -0.396 e. The second-order valence-electron chi connectivity index (χ2n) is 6.63. The summed E-state index contributed by atoms with van der Waals surface area (Å²) >= 11 is 0. The molecule has 0 spiro atoms. The number of amides is 1. The van der Waals surface area contributed by atoms with Crippen LogP contribution in [0.4, 0.5) is 0 Å². The van der Waals surface area contributed by atoms with Crippen molar-refractivity contribution in [3.63, 3.8) is 0 Å². The second kappa shape index (κ2) is 7.41. The summed E-state index contributed by atoms with van der Waals surface area (Å²) in [6, 6.07) is 0. The second-order valence-corrected chi connectivity index (χ2v) is 6.63. The van der Waals surface area contributed by atoms with Crippen LogP contribution < -0.4 is 0 Å². The maximum Gasteiger partial charge on any atom is 0.223 e. The summed E-state index contributed by atoms with van der Waals surface area (Å²) in [5.74, 6) is 0.318. The highest BCUT2D eigenvalue weighted by Gasteiger charge is 2.34. The van der Waals surface area contributed by atoms with Crippen molar-refractivity contribution in [1.82, 2.24) is 9.80 Å². The minimum atomic E-state index is 0.0870. The summed E-state index contributed by atoms with van der Waals surface area (Å²) in [6.07, 6.45) is 7.49. The first kappa shape index (κ1) is 15.8. The Hall–Kier alpha value is -0.610. The van der Waals surface area contributed by atoms with Crippen LogP contribution in [-0.2, 0) is 4.79 Å². The van der Waals surface area contributed by atoms with Gasteiger partial charge >= 0.3 is 0 Å². The molecule has 0 unspecified atom stereocenters. The lowest BCUT2D eigenvalue weighted by molar-refractivity contribution is -0.130. The van der Waals surface area contributed by atoms with Crippen molar-refractivity contribution >= 4 is 5.91 Å². The number of hydrogen-bond donors (Lipinski definition) is 1. The van der Waals surface area contributed by atoms with Gasteiger partial charge in [-0.05, 0) is 38.6 Å². The smallest absolute Gasteiger partial charge is 0.223 e. The Kier molecular flexibility index (Phi) is 5.85. The number of aliphatic hydroxyl groups is 1. The van der Waals surface area contributed by atoms with E-state index in [-0.39, 0.29) is 12.0 Å². The Labute approximate surface area is 123 Å². The van der Waals surface area contributed by atoms with Gasteiger partial charge < -0.3 is 14.9 Å². The lowest BCUT2D eigenvalue weighted by Crippen LogP contribution is -2.46. The molecule has 0 bridgehead atoms. The van der Waals surface area contributed by atoms with Crippen LogP contribution in [0, 0.1) is 5.41 Å². The Bertz CT molecular complexity index is 312. The van der Waals surface area contributed by atoms with Crippen molar-refractivity contribution < 1.29 is 9.90 Å². The molecule has 2 fully saturated rings. The lowest BCUT2D eigenvalue weighted by Gasteiger charge is -2.42. The number of carbonyl (C=O) groups excluding carboxylic acids is 1. The fourth-order valence-corrected chi connectivity index (χ4v) is 3.82. The van der Waals surface area contributed by atoms with Crippen molar-refractivity contribution in [2.24, 2.45) is 5.41 Å². The lowest BCUT2D eigenvalue weighted by atomic mass is 9.77. The van der Waals surface area contributed by atoms with Gasteiger partial charge in [0, 0.05) is 44.6 Å². The molecule has 20 heavy (non-hydrogen) atoms. The van der Waals surface area contributed by atoms with Crippen molar-refractivity contribution in [3.8, 4) is 0 Å². The van der Waals surface area contributed by atoms with Gasteiger partial charge in [0.2, 0.25) is 5.91 Å². The number of rotatable bonds is 6. The van der Waals surface area contributed by atoms with Gasteiger partial charge in [-0.15, -0.1) is 0 Å². The van der Waals surface area contributed by atoms with Gasteiger partial charge in [0.15, 0.2) is 0 Å². The Morgan fingerprint density at radius 1 is 1.20 bits per heavy atom. The maximum atomic E-state index is 12.1. The van der Waals surface area contributed by atoms with E-state index in [1.807, 2.05) is 4.90 Å². The van der Waals surface area contributed by atoms with Crippen LogP contribution in [-0.4, -0.2) is 60.1 Å². The average Bonchev–Trinajstić information content (AvgIpc) is 3.00. The third kappa shape index (κ3) is 3.95. The highest BCUT2D eigenvalue weighted by atomic mass is 16.3. The molecule has 2 aliphatic rings. The number of aliphatic hydroxyl groups excluding tert-OH is 1. The third-order valence-corrected chi connectivity index (χ3v) is 4.96. The van der Waals surface area contributed by atoms with Crippen LogP contribution in [0.2, 0.25) is 0 Å². The molecule has 2 aliphatic heterocycles. The summed E-state index contributed by atoms with van der Waals surface area (Å²) < 4.78 is 0. The minimum absolute atomic E-state index is 0.0870. The normalized spacial score (nSPS) is 28.0. The topological polar surface area (TPSA) is 43.8 Å². The van der Waals surface area contributed by atoms with Gasteiger partial charge in [-0.1, -0.05) is 13.3 Å². The van der Waals surface area contributed by atoms with Crippen LogP contribution >= 0.6 is 0 Å². The molecular weight excluding hydrogens is 252 g/mol. The number of likely N-dealkylation sites (tertiary alicyclic amines) is 2. The van der Waals surface area contributed by atoms with Crippen molar-refractivity contribution in [1.29, 1.82) is 0 Å². The number of nitrogens with zero attached hydrogens (tertiary/aromatic N) is 2. The zero-order valence-electron chi connectivity index (χ0n) is 12.9. The van der Waals surface area contributed by atoms with E-state index in [1.165, 1.54) is 12.8 Å². The van der Waals surface area contributed by atoms with E-state index in [1.54, 1.807) is 0 Å². The van der Waals surface area contributed by atoms with Gasteiger partial charge in [0.05, 0.1) is 0 Å². The molecule has 0 radical (unpaired) electrons. The number of carbonyl (C=O) groups is 1. The molecule has 0 aliphatic carbocycles. The fourth-order valence-electron chi connectivity index (χ4n) is 3.82. The highest BCUT2D eigenvalue weighted by molar-refractivity contribution is 5.76. The van der Waals surface area contributed by atoms with Crippen molar-refractivity contribution in [3.05, 3.63) is 0 Å². The molecule has 0 aromatic rings. The largest absolute Gasteiger partial charge is 0.396 e. The predicted octanol–water partition coefficient (Wildman–Crippen LogP) is 1.87. The summed E-state index contributed by atoms with van der Waals surface area (Å²) in [5.41, 5.74) is 0.0870. The molecule has 0 aromatic heterocycles.